The third kappa shape index (κ3) is 3.85. The van der Waals surface area contributed by atoms with Crippen LogP contribution in [0, 0.1) is 0 Å². The second-order valence-electron chi connectivity index (χ2n) is 4.85. The lowest BCUT2D eigenvalue weighted by Gasteiger charge is -2.11. The quantitative estimate of drug-likeness (QED) is 0.676. The first-order valence-electron chi connectivity index (χ1n) is 7.08. The fraction of sp³-hybridized carbons (Fsp3) is 0. The maximum atomic E-state index is 12.1. The molecule has 1 aromatic heterocycles. The number of rotatable bonds is 4. The van der Waals surface area contributed by atoms with Gasteiger partial charge in [-0.2, -0.15) is 0 Å². The summed E-state index contributed by atoms with van der Waals surface area (Å²) in [6.45, 7) is 0. The number of carbonyl (C=O) groups excluding carboxylic acids is 1. The van der Waals surface area contributed by atoms with Crippen molar-refractivity contribution in [1.82, 2.24) is 4.98 Å². The van der Waals surface area contributed by atoms with Gasteiger partial charge in [0.25, 0.3) is 5.91 Å². The zero-order chi connectivity index (χ0) is 16.9. The first-order valence-corrected chi connectivity index (χ1v) is 7.83. The molecule has 1 amide bonds. The van der Waals surface area contributed by atoms with E-state index in [1.54, 1.807) is 54.7 Å². The van der Waals surface area contributed by atoms with Crippen molar-refractivity contribution in [2.24, 2.45) is 0 Å². The molecule has 24 heavy (non-hydrogen) atoms. The summed E-state index contributed by atoms with van der Waals surface area (Å²) in [6.07, 6.45) is 1.56. The molecule has 6 heteroatoms. The molecule has 0 bridgehead atoms. The maximum Gasteiger partial charge on any atom is 0.274 e. The Morgan fingerprint density at radius 2 is 1.67 bits per heavy atom. The summed E-state index contributed by atoms with van der Waals surface area (Å²) in [5.74, 6) is 0.637. The zero-order valence-corrected chi connectivity index (χ0v) is 13.9. The van der Waals surface area contributed by atoms with E-state index in [-0.39, 0.29) is 5.91 Å². The Hall–Kier alpha value is -2.56. The van der Waals surface area contributed by atoms with E-state index >= 15 is 0 Å². The Balaban J connectivity index is 1.75. The van der Waals surface area contributed by atoms with Gasteiger partial charge in [-0.05, 0) is 42.5 Å². The van der Waals surface area contributed by atoms with Crippen LogP contribution in [-0.2, 0) is 0 Å². The highest BCUT2D eigenvalue weighted by atomic mass is 35.5. The van der Waals surface area contributed by atoms with Crippen LogP contribution in [0.1, 0.15) is 10.5 Å². The zero-order valence-electron chi connectivity index (χ0n) is 12.4. The van der Waals surface area contributed by atoms with Gasteiger partial charge in [-0.3, -0.25) is 9.78 Å². The second-order valence-corrected chi connectivity index (χ2v) is 5.66. The number of anilines is 1. The van der Waals surface area contributed by atoms with Gasteiger partial charge < -0.3 is 10.1 Å². The van der Waals surface area contributed by atoms with Crippen LogP contribution in [0.4, 0.5) is 5.69 Å². The number of halogens is 2. The smallest absolute Gasteiger partial charge is 0.274 e. The summed E-state index contributed by atoms with van der Waals surface area (Å²) < 4.78 is 5.70. The molecule has 0 atom stereocenters. The van der Waals surface area contributed by atoms with Crippen LogP contribution < -0.4 is 10.1 Å². The Morgan fingerprint density at radius 1 is 0.917 bits per heavy atom. The van der Waals surface area contributed by atoms with Crippen LogP contribution in [0.2, 0.25) is 10.0 Å². The molecule has 1 heterocycles. The Kier molecular flexibility index (Phi) is 4.99. The van der Waals surface area contributed by atoms with Crippen molar-refractivity contribution in [1.29, 1.82) is 0 Å². The van der Waals surface area contributed by atoms with E-state index in [4.69, 9.17) is 27.9 Å². The summed E-state index contributed by atoms with van der Waals surface area (Å²) in [7, 11) is 0. The first kappa shape index (κ1) is 16.3. The van der Waals surface area contributed by atoms with E-state index < -0.39 is 0 Å². The largest absolute Gasteiger partial charge is 0.454 e. The molecule has 1 N–H and O–H groups in total. The molecular formula is C18H12Cl2N2O2. The lowest BCUT2D eigenvalue weighted by Crippen LogP contribution is -2.13. The van der Waals surface area contributed by atoms with Gasteiger partial charge in [-0.15, -0.1) is 0 Å². The summed E-state index contributed by atoms with van der Waals surface area (Å²) >= 11 is 12.3. The van der Waals surface area contributed by atoms with Crippen molar-refractivity contribution in [2.45, 2.75) is 0 Å². The third-order valence-corrected chi connectivity index (χ3v) is 3.75. The van der Waals surface area contributed by atoms with Crippen molar-refractivity contribution in [2.75, 3.05) is 5.32 Å². The van der Waals surface area contributed by atoms with Crippen LogP contribution in [0.5, 0.6) is 11.5 Å². The Labute approximate surface area is 149 Å². The first-order chi connectivity index (χ1) is 11.6. The number of nitrogens with zero attached hydrogens (tertiary/aromatic N) is 1. The number of hydrogen-bond donors (Lipinski definition) is 1. The van der Waals surface area contributed by atoms with E-state index in [1.807, 2.05) is 12.1 Å². The number of ether oxygens (including phenoxy) is 1. The highest BCUT2D eigenvalue weighted by Crippen LogP contribution is 2.34. The summed E-state index contributed by atoms with van der Waals surface area (Å²) in [5.41, 5.74) is 0.868. The summed E-state index contributed by atoms with van der Waals surface area (Å²) in [5, 5.41) is 3.58. The predicted octanol–water partition coefficient (Wildman–Crippen LogP) is 5.43. The monoisotopic (exact) mass is 358 g/mol. The van der Waals surface area contributed by atoms with E-state index in [0.29, 0.717) is 32.9 Å². The lowest BCUT2D eigenvalue weighted by molar-refractivity contribution is 0.102. The van der Waals surface area contributed by atoms with Crippen molar-refractivity contribution < 1.29 is 9.53 Å². The van der Waals surface area contributed by atoms with Crippen LogP contribution >= 0.6 is 23.2 Å². The molecule has 4 nitrogen and oxygen atoms in total. The van der Waals surface area contributed by atoms with Gasteiger partial charge in [0.2, 0.25) is 0 Å². The minimum Gasteiger partial charge on any atom is -0.454 e. The van der Waals surface area contributed by atoms with E-state index in [9.17, 15) is 4.79 Å². The van der Waals surface area contributed by atoms with Crippen LogP contribution in [0.25, 0.3) is 0 Å². The minimum atomic E-state index is -0.313. The minimum absolute atomic E-state index is 0.313. The molecule has 0 aliphatic carbocycles. The molecule has 0 radical (unpaired) electrons. The lowest BCUT2D eigenvalue weighted by atomic mass is 10.2. The highest BCUT2D eigenvalue weighted by molar-refractivity contribution is 6.33. The van der Waals surface area contributed by atoms with Crippen LogP contribution in [0.15, 0.2) is 66.9 Å². The SMILES string of the molecule is O=C(Nc1ccc(Oc2ccccc2Cl)c(Cl)c1)c1ccccn1. The average molecular weight is 359 g/mol. The third-order valence-electron chi connectivity index (χ3n) is 3.14. The van der Waals surface area contributed by atoms with Gasteiger partial charge in [-0.25, -0.2) is 0 Å². The second kappa shape index (κ2) is 7.34. The van der Waals surface area contributed by atoms with Gasteiger partial charge in [0.1, 0.15) is 17.2 Å². The molecular weight excluding hydrogens is 347 g/mol. The summed E-state index contributed by atoms with van der Waals surface area (Å²) in [6, 6.07) is 17.2. The van der Waals surface area contributed by atoms with Crippen molar-refractivity contribution in [3.63, 3.8) is 0 Å². The standard InChI is InChI=1S/C18H12Cl2N2O2/c19-13-5-1-2-7-16(13)24-17-9-8-12(11-14(17)20)22-18(23)15-6-3-4-10-21-15/h1-11H,(H,22,23). The molecule has 0 saturated heterocycles. The molecule has 0 aliphatic heterocycles. The van der Waals surface area contributed by atoms with Gasteiger partial charge in [0.05, 0.1) is 10.0 Å². The van der Waals surface area contributed by atoms with E-state index in [0.717, 1.165) is 0 Å². The van der Waals surface area contributed by atoms with Gasteiger partial charge >= 0.3 is 0 Å². The number of benzene rings is 2. The number of amides is 1. The maximum absolute atomic E-state index is 12.1. The van der Waals surface area contributed by atoms with Crippen molar-refractivity contribution in [3.8, 4) is 11.5 Å². The van der Waals surface area contributed by atoms with Crippen LogP contribution in [0.3, 0.4) is 0 Å². The van der Waals surface area contributed by atoms with E-state index in [2.05, 4.69) is 10.3 Å². The molecule has 3 rings (SSSR count). The fourth-order valence-corrected chi connectivity index (χ4v) is 2.39. The molecule has 0 unspecified atom stereocenters. The number of para-hydroxylation sites is 1. The molecule has 3 aromatic rings. The number of carbonyl (C=O) groups is 1. The molecule has 0 fully saturated rings. The molecule has 120 valence electrons. The Morgan fingerprint density at radius 3 is 2.38 bits per heavy atom. The number of nitrogens with one attached hydrogen (secondary N) is 1. The average Bonchev–Trinajstić information content (AvgIpc) is 2.60. The van der Waals surface area contributed by atoms with Crippen molar-refractivity contribution >= 4 is 34.8 Å². The van der Waals surface area contributed by atoms with Gasteiger partial charge in [-0.1, -0.05) is 41.4 Å². The predicted molar refractivity (Wildman–Crippen MR) is 95.2 cm³/mol. The van der Waals surface area contributed by atoms with Crippen LogP contribution in [-0.4, -0.2) is 10.9 Å². The number of hydrogen-bond acceptors (Lipinski definition) is 3. The molecule has 0 spiro atoms. The topological polar surface area (TPSA) is 51.2 Å². The van der Waals surface area contributed by atoms with Gasteiger partial charge in [0, 0.05) is 11.9 Å². The highest BCUT2D eigenvalue weighted by Gasteiger charge is 2.10. The number of pyridine rings is 1. The van der Waals surface area contributed by atoms with E-state index in [1.165, 1.54) is 0 Å². The fourth-order valence-electron chi connectivity index (χ4n) is 2.00. The molecule has 0 aliphatic rings. The van der Waals surface area contributed by atoms with Crippen molar-refractivity contribution in [3.05, 3.63) is 82.6 Å². The summed E-state index contributed by atoms with van der Waals surface area (Å²) in [4.78, 5) is 16.1. The van der Waals surface area contributed by atoms with Gasteiger partial charge in [0.15, 0.2) is 0 Å². The number of aromatic nitrogens is 1. The molecule has 0 saturated carbocycles. The Bertz CT molecular complexity index is 870. The molecule has 2 aromatic carbocycles. The normalized spacial score (nSPS) is 10.2.